The molecule has 1 amide bonds. The average molecular weight is 323 g/mol. The van der Waals surface area contributed by atoms with Gasteiger partial charge in [0.15, 0.2) is 0 Å². The van der Waals surface area contributed by atoms with Gasteiger partial charge in [-0.3, -0.25) is 4.79 Å². The van der Waals surface area contributed by atoms with Crippen molar-refractivity contribution in [1.29, 1.82) is 0 Å². The minimum Gasteiger partial charge on any atom is -0.478 e. The molecule has 3 rings (SSSR count). The number of rotatable bonds is 5. The highest BCUT2D eigenvalue weighted by molar-refractivity contribution is 5.96. The van der Waals surface area contributed by atoms with Crippen molar-refractivity contribution in [3.8, 4) is 5.69 Å². The largest absolute Gasteiger partial charge is 0.478 e. The zero-order valence-corrected chi connectivity index (χ0v) is 12.5. The highest BCUT2D eigenvalue weighted by Crippen LogP contribution is 2.15. The summed E-state index contributed by atoms with van der Waals surface area (Å²) in [7, 11) is 0. The standard InChI is InChI=1S/C16H13N5O3/c22-15(8-11-4-1-2-7-14(11)16(23)24)18-12-5-3-6-13(9-12)21-10-17-19-20-21/h1-7,9-10H,8H2,(H,18,22)(H,23,24). The lowest BCUT2D eigenvalue weighted by atomic mass is 10.0. The summed E-state index contributed by atoms with van der Waals surface area (Å²) in [4.78, 5) is 23.4. The Hall–Kier alpha value is -3.55. The van der Waals surface area contributed by atoms with Gasteiger partial charge < -0.3 is 10.4 Å². The minimum atomic E-state index is -1.06. The van der Waals surface area contributed by atoms with Crippen LogP contribution in [0.15, 0.2) is 54.9 Å². The second kappa shape index (κ2) is 6.69. The number of nitrogens with zero attached hydrogens (tertiary/aromatic N) is 4. The van der Waals surface area contributed by atoms with E-state index in [9.17, 15) is 9.59 Å². The summed E-state index contributed by atoms with van der Waals surface area (Å²) in [6.07, 6.45) is 1.42. The monoisotopic (exact) mass is 323 g/mol. The molecule has 120 valence electrons. The van der Waals surface area contributed by atoms with Gasteiger partial charge in [-0.05, 0) is 40.3 Å². The zero-order valence-electron chi connectivity index (χ0n) is 12.5. The fourth-order valence-corrected chi connectivity index (χ4v) is 2.27. The van der Waals surface area contributed by atoms with Crippen LogP contribution in [-0.2, 0) is 11.2 Å². The van der Waals surface area contributed by atoms with E-state index in [1.807, 2.05) is 0 Å². The molecule has 0 fully saturated rings. The lowest BCUT2D eigenvalue weighted by molar-refractivity contribution is -0.115. The Balaban J connectivity index is 1.74. The van der Waals surface area contributed by atoms with E-state index in [0.717, 1.165) is 0 Å². The van der Waals surface area contributed by atoms with Gasteiger partial charge in [0.2, 0.25) is 5.91 Å². The van der Waals surface area contributed by atoms with Crippen molar-refractivity contribution in [2.75, 3.05) is 5.32 Å². The number of hydrogen-bond donors (Lipinski definition) is 2. The first kappa shape index (κ1) is 15.3. The van der Waals surface area contributed by atoms with Crippen LogP contribution in [0, 0.1) is 0 Å². The molecule has 2 N–H and O–H groups in total. The molecule has 24 heavy (non-hydrogen) atoms. The molecular weight excluding hydrogens is 310 g/mol. The first-order valence-electron chi connectivity index (χ1n) is 7.08. The normalized spacial score (nSPS) is 10.3. The number of hydrogen-bond acceptors (Lipinski definition) is 5. The average Bonchev–Trinajstić information content (AvgIpc) is 3.10. The summed E-state index contributed by atoms with van der Waals surface area (Å²) < 4.78 is 1.47. The minimum absolute atomic E-state index is 0.0302. The Kier molecular flexibility index (Phi) is 4.28. The number of aromatic carboxylic acids is 1. The number of carboxylic acids is 1. The number of aromatic nitrogens is 4. The summed E-state index contributed by atoms with van der Waals surface area (Å²) in [6, 6.07) is 13.4. The maximum Gasteiger partial charge on any atom is 0.335 e. The third-order valence-corrected chi connectivity index (χ3v) is 3.34. The van der Waals surface area contributed by atoms with Crippen LogP contribution in [0.4, 0.5) is 5.69 Å². The number of tetrazole rings is 1. The molecular formula is C16H13N5O3. The highest BCUT2D eigenvalue weighted by Gasteiger charge is 2.12. The fourth-order valence-electron chi connectivity index (χ4n) is 2.27. The Morgan fingerprint density at radius 3 is 2.71 bits per heavy atom. The Labute approximate surface area is 136 Å². The zero-order chi connectivity index (χ0) is 16.9. The van der Waals surface area contributed by atoms with Crippen LogP contribution in [-0.4, -0.2) is 37.2 Å². The van der Waals surface area contributed by atoms with E-state index in [-0.39, 0.29) is 17.9 Å². The van der Waals surface area contributed by atoms with Crippen LogP contribution in [0.5, 0.6) is 0 Å². The second-order valence-electron chi connectivity index (χ2n) is 4.99. The molecule has 1 aromatic heterocycles. The van der Waals surface area contributed by atoms with Gasteiger partial charge in [-0.15, -0.1) is 5.10 Å². The fraction of sp³-hybridized carbons (Fsp3) is 0.0625. The molecule has 0 atom stereocenters. The number of nitrogens with one attached hydrogen (secondary N) is 1. The molecule has 1 heterocycles. The molecule has 0 saturated heterocycles. The molecule has 3 aromatic rings. The number of carbonyl (C=O) groups is 2. The Morgan fingerprint density at radius 1 is 1.12 bits per heavy atom. The number of amides is 1. The van der Waals surface area contributed by atoms with Crippen LogP contribution in [0.1, 0.15) is 15.9 Å². The maximum absolute atomic E-state index is 12.2. The lowest BCUT2D eigenvalue weighted by Crippen LogP contribution is -2.16. The van der Waals surface area contributed by atoms with Gasteiger partial charge in [0.25, 0.3) is 0 Å². The summed E-state index contributed by atoms with van der Waals surface area (Å²) in [5.41, 5.74) is 1.85. The molecule has 0 saturated carbocycles. The predicted octanol–water partition coefficient (Wildman–Crippen LogP) is 1.54. The molecule has 2 aromatic carbocycles. The van der Waals surface area contributed by atoms with E-state index in [1.54, 1.807) is 42.5 Å². The maximum atomic E-state index is 12.2. The van der Waals surface area contributed by atoms with Crippen molar-refractivity contribution in [1.82, 2.24) is 20.2 Å². The van der Waals surface area contributed by atoms with Gasteiger partial charge >= 0.3 is 5.97 Å². The summed E-state index contributed by atoms with van der Waals surface area (Å²) in [6.45, 7) is 0. The molecule has 0 spiro atoms. The quantitative estimate of drug-likeness (QED) is 0.737. The Bertz CT molecular complexity index is 877. The van der Waals surface area contributed by atoms with Crippen molar-refractivity contribution in [3.05, 3.63) is 66.0 Å². The van der Waals surface area contributed by atoms with Gasteiger partial charge in [-0.1, -0.05) is 24.3 Å². The van der Waals surface area contributed by atoms with Crippen molar-refractivity contribution in [2.45, 2.75) is 6.42 Å². The van der Waals surface area contributed by atoms with Gasteiger partial charge in [0, 0.05) is 5.69 Å². The Morgan fingerprint density at radius 2 is 1.96 bits per heavy atom. The summed E-state index contributed by atoms with van der Waals surface area (Å²) in [5, 5.41) is 22.8. The first-order chi connectivity index (χ1) is 11.6. The van der Waals surface area contributed by atoms with E-state index >= 15 is 0 Å². The van der Waals surface area contributed by atoms with E-state index in [0.29, 0.717) is 16.9 Å². The number of benzene rings is 2. The van der Waals surface area contributed by atoms with Crippen LogP contribution < -0.4 is 5.32 Å². The van der Waals surface area contributed by atoms with Crippen LogP contribution >= 0.6 is 0 Å². The lowest BCUT2D eigenvalue weighted by Gasteiger charge is -2.08. The van der Waals surface area contributed by atoms with Gasteiger partial charge in [0.05, 0.1) is 17.7 Å². The van der Waals surface area contributed by atoms with Gasteiger partial charge in [-0.25, -0.2) is 9.48 Å². The van der Waals surface area contributed by atoms with Crippen molar-refractivity contribution >= 4 is 17.6 Å². The molecule has 0 unspecified atom stereocenters. The van der Waals surface area contributed by atoms with E-state index < -0.39 is 5.97 Å². The van der Waals surface area contributed by atoms with Gasteiger partial charge in [-0.2, -0.15) is 0 Å². The smallest absolute Gasteiger partial charge is 0.335 e. The molecule has 0 radical (unpaired) electrons. The highest BCUT2D eigenvalue weighted by atomic mass is 16.4. The van der Waals surface area contributed by atoms with Crippen LogP contribution in [0.2, 0.25) is 0 Å². The van der Waals surface area contributed by atoms with E-state index in [4.69, 9.17) is 5.11 Å². The molecule has 0 aliphatic carbocycles. The van der Waals surface area contributed by atoms with Crippen molar-refractivity contribution < 1.29 is 14.7 Å². The molecule has 0 bridgehead atoms. The number of carbonyl (C=O) groups excluding carboxylic acids is 1. The third-order valence-electron chi connectivity index (χ3n) is 3.34. The summed E-state index contributed by atoms with van der Waals surface area (Å²) >= 11 is 0. The number of anilines is 1. The summed E-state index contributed by atoms with van der Waals surface area (Å²) in [5.74, 6) is -1.36. The third kappa shape index (κ3) is 3.43. The topological polar surface area (TPSA) is 110 Å². The SMILES string of the molecule is O=C(Cc1ccccc1C(=O)O)Nc1cccc(-n2cnnn2)c1. The molecule has 8 nitrogen and oxygen atoms in total. The van der Waals surface area contributed by atoms with Crippen molar-refractivity contribution in [2.24, 2.45) is 0 Å². The van der Waals surface area contributed by atoms with Gasteiger partial charge in [0.1, 0.15) is 6.33 Å². The second-order valence-corrected chi connectivity index (χ2v) is 4.99. The molecule has 8 heteroatoms. The number of carboxylic acid groups (broad SMARTS) is 1. The van der Waals surface area contributed by atoms with E-state index in [2.05, 4.69) is 20.8 Å². The van der Waals surface area contributed by atoms with Crippen molar-refractivity contribution in [3.63, 3.8) is 0 Å². The predicted molar refractivity (Wildman–Crippen MR) is 84.9 cm³/mol. The first-order valence-corrected chi connectivity index (χ1v) is 7.08. The molecule has 0 aliphatic rings. The van der Waals surface area contributed by atoms with Crippen LogP contribution in [0.3, 0.4) is 0 Å². The van der Waals surface area contributed by atoms with E-state index in [1.165, 1.54) is 17.1 Å². The molecule has 0 aliphatic heterocycles. The van der Waals surface area contributed by atoms with Crippen LogP contribution in [0.25, 0.3) is 5.69 Å².